The van der Waals surface area contributed by atoms with Crippen LogP contribution >= 0.6 is 0 Å². The number of fused-ring (bicyclic) bond motifs is 15. The summed E-state index contributed by atoms with van der Waals surface area (Å²) in [7, 11) is 0. The fourth-order valence-electron chi connectivity index (χ4n) is 5.26. The number of carbonyl (C=O) groups is 5. The molecule has 3 aliphatic rings. The van der Waals surface area contributed by atoms with Gasteiger partial charge in [0, 0.05) is 39.3 Å². The molecule has 3 heterocycles. The third-order valence-electron chi connectivity index (χ3n) is 7.96. The molecule has 5 N–H and O–H groups in total. The van der Waals surface area contributed by atoms with Crippen molar-refractivity contribution in [2.45, 2.75) is 69.9 Å². The van der Waals surface area contributed by atoms with Gasteiger partial charge < -0.3 is 40.7 Å². The average Bonchev–Trinajstić information content (AvgIpc) is 3.02. The quantitative estimate of drug-likeness (QED) is 0.298. The summed E-state index contributed by atoms with van der Waals surface area (Å²) >= 11 is 0. The molecule has 1 unspecified atom stereocenters. The fraction of sp³-hybridized carbons (Fsp3) is 0.469. The van der Waals surface area contributed by atoms with Crippen molar-refractivity contribution in [3.05, 3.63) is 60.2 Å². The van der Waals surface area contributed by atoms with Gasteiger partial charge in [-0.1, -0.05) is 30.3 Å². The zero-order chi connectivity index (χ0) is 32.6. The minimum Gasteiger partial charge on any atom is -0.492 e. The van der Waals surface area contributed by atoms with Crippen molar-refractivity contribution in [1.29, 1.82) is 0 Å². The highest BCUT2D eigenvalue weighted by Crippen LogP contribution is 2.31. The summed E-state index contributed by atoms with van der Waals surface area (Å²) in [5.41, 5.74) is -0.622. The molecule has 2 aromatic carbocycles. The minimum atomic E-state index is -1.44. The molecule has 13 heteroatoms. The lowest BCUT2D eigenvalue weighted by atomic mass is 9.89. The second-order valence-electron chi connectivity index (χ2n) is 11.4. The molecule has 45 heavy (non-hydrogen) atoms. The van der Waals surface area contributed by atoms with Crippen LogP contribution in [0, 0.1) is 0 Å². The van der Waals surface area contributed by atoms with Gasteiger partial charge in [0.15, 0.2) is 5.60 Å². The number of ether oxygens (including phenoxy) is 2. The predicted octanol–water partition coefficient (Wildman–Crippen LogP) is 0.0529. The zero-order valence-corrected chi connectivity index (χ0v) is 25.7. The van der Waals surface area contributed by atoms with Gasteiger partial charge in [0.2, 0.25) is 23.6 Å². The summed E-state index contributed by atoms with van der Waals surface area (Å²) in [5.74, 6) is -1.75. The van der Waals surface area contributed by atoms with Crippen LogP contribution < -0.4 is 30.7 Å². The van der Waals surface area contributed by atoms with E-state index in [2.05, 4.69) is 21.3 Å². The van der Waals surface area contributed by atoms with Gasteiger partial charge in [-0.25, -0.2) is 0 Å². The number of piperidine rings is 1. The van der Waals surface area contributed by atoms with Crippen LogP contribution in [0.5, 0.6) is 11.5 Å². The zero-order valence-electron chi connectivity index (χ0n) is 25.7. The molecule has 4 atom stereocenters. The van der Waals surface area contributed by atoms with E-state index in [1.165, 1.54) is 20.8 Å². The van der Waals surface area contributed by atoms with E-state index in [-0.39, 0.29) is 51.4 Å². The maximum Gasteiger partial charge on any atom is 0.265 e. The van der Waals surface area contributed by atoms with Crippen LogP contribution in [-0.2, 0) is 30.4 Å². The van der Waals surface area contributed by atoms with E-state index in [4.69, 9.17) is 9.47 Å². The number of likely N-dealkylation sites (tertiary alicyclic amines) is 1. The molecule has 1 saturated heterocycles. The number of aliphatic hydroxyl groups excluding tert-OH is 1. The van der Waals surface area contributed by atoms with Gasteiger partial charge in [0.05, 0.1) is 12.6 Å². The van der Waals surface area contributed by atoms with E-state index in [9.17, 15) is 29.1 Å². The van der Waals surface area contributed by atoms with Gasteiger partial charge in [0.1, 0.15) is 36.2 Å². The summed E-state index contributed by atoms with van der Waals surface area (Å²) in [6, 6.07) is 12.3. The van der Waals surface area contributed by atoms with Crippen LogP contribution in [0.1, 0.15) is 39.2 Å². The smallest absolute Gasteiger partial charge is 0.265 e. The van der Waals surface area contributed by atoms with Crippen LogP contribution in [0.25, 0.3) is 0 Å². The van der Waals surface area contributed by atoms with E-state index in [1.54, 1.807) is 29.2 Å². The fourth-order valence-corrected chi connectivity index (χ4v) is 5.26. The Morgan fingerprint density at radius 2 is 1.58 bits per heavy atom. The third kappa shape index (κ3) is 8.72. The molecule has 0 aliphatic carbocycles. The Bertz CT molecular complexity index is 1360. The maximum absolute atomic E-state index is 13.8. The van der Waals surface area contributed by atoms with Gasteiger partial charge in [0.25, 0.3) is 5.91 Å². The van der Waals surface area contributed by atoms with E-state index in [0.717, 1.165) is 5.56 Å². The first-order valence-corrected chi connectivity index (χ1v) is 15.1. The Labute approximate surface area is 262 Å². The molecule has 0 radical (unpaired) electrons. The van der Waals surface area contributed by atoms with Gasteiger partial charge in [-0.05, 0) is 43.7 Å². The van der Waals surface area contributed by atoms with Gasteiger partial charge in [-0.2, -0.15) is 0 Å². The standard InChI is InChI=1S/C32H41N5O8/c1-20-28(40)35-26(19-23-7-5-4-6-8-23)29(41)33-15-18-44-24-9-11-25(12-10-24)45-32(13-16-37(17-14-32)22(3)39)31(43)36-27(21(2)38)30(42)34-20/h4-12,20-21,26-27,38H,13-19H2,1-3H3,(H,33,41)(H,34,42)(H,35,40)(H,36,43)/t20-,21+,26-,27?/m0/s1. The van der Waals surface area contributed by atoms with Crippen molar-refractivity contribution < 1.29 is 38.6 Å². The Morgan fingerprint density at radius 3 is 2.20 bits per heavy atom. The van der Waals surface area contributed by atoms with E-state index >= 15 is 0 Å². The van der Waals surface area contributed by atoms with E-state index in [1.807, 2.05) is 30.3 Å². The number of aliphatic hydroxyl groups is 1. The Morgan fingerprint density at radius 1 is 0.933 bits per heavy atom. The SMILES string of the molecule is CC(=O)N1CCC2(CC1)Oc1ccc(cc1)OCCNC(=O)[C@H](Cc1ccccc1)NC(=O)[C@H](C)NC(=O)C([C@@H](C)O)NC2=O. The lowest BCUT2D eigenvalue weighted by Gasteiger charge is -2.41. The summed E-state index contributed by atoms with van der Waals surface area (Å²) in [5, 5.41) is 21.2. The average molecular weight is 624 g/mol. The Balaban J connectivity index is 1.61. The van der Waals surface area contributed by atoms with Gasteiger partial charge in [-0.3, -0.25) is 24.0 Å². The first kappa shape index (κ1) is 33.2. The lowest BCUT2D eigenvalue weighted by molar-refractivity contribution is -0.148. The molecule has 5 amide bonds. The predicted molar refractivity (Wildman–Crippen MR) is 163 cm³/mol. The minimum absolute atomic E-state index is 0.130. The molecule has 2 bridgehead atoms. The number of carbonyl (C=O) groups excluding carboxylic acids is 5. The van der Waals surface area contributed by atoms with Crippen LogP contribution in [0.4, 0.5) is 0 Å². The van der Waals surface area contributed by atoms with Gasteiger partial charge in [-0.15, -0.1) is 0 Å². The Hall–Kier alpha value is -4.65. The van der Waals surface area contributed by atoms with Crippen molar-refractivity contribution in [1.82, 2.24) is 26.2 Å². The highest BCUT2D eigenvalue weighted by molar-refractivity contribution is 5.95. The van der Waals surface area contributed by atoms with Crippen molar-refractivity contribution >= 4 is 29.5 Å². The number of rotatable bonds is 3. The monoisotopic (exact) mass is 623 g/mol. The molecule has 242 valence electrons. The third-order valence-corrected chi connectivity index (χ3v) is 7.96. The molecular formula is C32H41N5O8. The number of nitrogens with one attached hydrogen (secondary N) is 4. The summed E-state index contributed by atoms with van der Waals surface area (Å²) in [6.07, 6.45) is -0.834. The largest absolute Gasteiger partial charge is 0.492 e. The van der Waals surface area contributed by atoms with Crippen molar-refractivity contribution in [2.75, 3.05) is 26.2 Å². The molecule has 0 saturated carbocycles. The highest BCUT2D eigenvalue weighted by Gasteiger charge is 2.46. The number of nitrogens with zero attached hydrogens (tertiary/aromatic N) is 1. The first-order chi connectivity index (χ1) is 21.5. The molecular weight excluding hydrogens is 582 g/mol. The number of hydrogen-bond donors (Lipinski definition) is 5. The summed E-state index contributed by atoms with van der Waals surface area (Å²) in [6.45, 7) is 5.06. The topological polar surface area (TPSA) is 175 Å². The van der Waals surface area contributed by atoms with Gasteiger partial charge >= 0.3 is 0 Å². The van der Waals surface area contributed by atoms with Crippen LogP contribution in [0.15, 0.2) is 54.6 Å². The molecule has 0 aromatic heterocycles. The van der Waals surface area contributed by atoms with Crippen molar-refractivity contribution in [2.24, 2.45) is 0 Å². The number of amides is 5. The highest BCUT2D eigenvalue weighted by atomic mass is 16.5. The molecule has 1 spiro atoms. The molecule has 1 fully saturated rings. The molecule has 13 nitrogen and oxygen atoms in total. The lowest BCUT2D eigenvalue weighted by Crippen LogP contribution is -2.63. The van der Waals surface area contributed by atoms with E-state index < -0.39 is 53.5 Å². The second kappa shape index (κ2) is 14.9. The van der Waals surface area contributed by atoms with Crippen molar-refractivity contribution in [3.8, 4) is 11.5 Å². The number of hydrogen-bond acceptors (Lipinski definition) is 8. The van der Waals surface area contributed by atoms with E-state index in [0.29, 0.717) is 11.5 Å². The molecule has 2 aromatic rings. The molecule has 5 rings (SSSR count). The number of benzene rings is 2. The van der Waals surface area contributed by atoms with Crippen LogP contribution in [-0.4, -0.2) is 95.6 Å². The maximum atomic E-state index is 13.8. The van der Waals surface area contributed by atoms with Crippen LogP contribution in [0.3, 0.4) is 0 Å². The summed E-state index contributed by atoms with van der Waals surface area (Å²) < 4.78 is 12.0. The first-order valence-electron chi connectivity index (χ1n) is 15.1. The molecule has 3 aliphatic heterocycles. The summed E-state index contributed by atoms with van der Waals surface area (Å²) in [4.78, 5) is 67.1. The van der Waals surface area contributed by atoms with Crippen LogP contribution in [0.2, 0.25) is 0 Å². The normalized spacial score (nSPS) is 23.8. The second-order valence-corrected chi connectivity index (χ2v) is 11.4. The Kier molecular flexibility index (Phi) is 11.0. The van der Waals surface area contributed by atoms with Crippen molar-refractivity contribution in [3.63, 3.8) is 0 Å².